The van der Waals surface area contributed by atoms with Gasteiger partial charge in [-0.15, -0.1) is 12.4 Å². The van der Waals surface area contributed by atoms with Gasteiger partial charge in [0.25, 0.3) is 0 Å². The van der Waals surface area contributed by atoms with Gasteiger partial charge in [0.15, 0.2) is 0 Å². The van der Waals surface area contributed by atoms with E-state index >= 15 is 0 Å². The first kappa shape index (κ1) is 25.2. The van der Waals surface area contributed by atoms with E-state index in [-0.39, 0.29) is 25.6 Å². The Labute approximate surface area is 204 Å². The first-order chi connectivity index (χ1) is 16.1. The van der Waals surface area contributed by atoms with Crippen LogP contribution in [0.2, 0.25) is 0 Å². The van der Waals surface area contributed by atoms with E-state index in [9.17, 15) is 0 Å². The lowest BCUT2D eigenvalue weighted by Crippen LogP contribution is -2.27. The molecule has 0 spiro atoms. The van der Waals surface area contributed by atoms with E-state index < -0.39 is 0 Å². The van der Waals surface area contributed by atoms with Crippen LogP contribution in [0.1, 0.15) is 0 Å². The molecule has 4 aromatic rings. The van der Waals surface area contributed by atoms with Gasteiger partial charge in [0.1, 0.15) is 18.1 Å². The highest BCUT2D eigenvalue weighted by Gasteiger charge is 2.14. The second-order valence-corrected chi connectivity index (χ2v) is 7.52. The Morgan fingerprint density at radius 3 is 2.59 bits per heavy atom. The van der Waals surface area contributed by atoms with Gasteiger partial charge in [0, 0.05) is 61.5 Å². The maximum atomic E-state index is 9.14. The zero-order valence-corrected chi connectivity index (χ0v) is 20.2. The molecule has 9 nitrogen and oxygen atoms in total. The minimum Gasteiger partial charge on any atom is -0.497 e. The summed E-state index contributed by atoms with van der Waals surface area (Å²) >= 11 is 0. The van der Waals surface area contributed by atoms with E-state index in [2.05, 4.69) is 20.3 Å². The van der Waals surface area contributed by atoms with Gasteiger partial charge in [-0.2, -0.15) is 5.10 Å². The molecule has 0 aliphatic rings. The van der Waals surface area contributed by atoms with Crippen LogP contribution in [0.15, 0.2) is 55.0 Å². The van der Waals surface area contributed by atoms with Gasteiger partial charge in [-0.1, -0.05) is 0 Å². The summed E-state index contributed by atoms with van der Waals surface area (Å²) in [6.45, 7) is 1.64. The van der Waals surface area contributed by atoms with Crippen LogP contribution in [0.3, 0.4) is 0 Å². The van der Waals surface area contributed by atoms with E-state index in [1.165, 1.54) is 0 Å². The number of methoxy groups -OCH3 is 1. The van der Waals surface area contributed by atoms with Crippen LogP contribution >= 0.6 is 12.4 Å². The van der Waals surface area contributed by atoms with Crippen molar-refractivity contribution in [3.63, 3.8) is 0 Å². The Balaban J connectivity index is 0.00000324. The number of fused-ring (bicyclic) bond motifs is 1. The second-order valence-electron chi connectivity index (χ2n) is 7.52. The van der Waals surface area contributed by atoms with Gasteiger partial charge < -0.3 is 24.8 Å². The maximum absolute atomic E-state index is 9.14. The summed E-state index contributed by atoms with van der Waals surface area (Å²) in [5.74, 6) is 1.31. The molecular weight excluding hydrogens is 456 g/mol. The van der Waals surface area contributed by atoms with Crippen molar-refractivity contribution in [3.05, 3.63) is 55.0 Å². The Morgan fingerprint density at radius 2 is 1.88 bits per heavy atom. The monoisotopic (exact) mass is 484 g/mol. The smallest absolute Gasteiger partial charge is 0.125 e. The molecule has 0 fully saturated rings. The zero-order chi connectivity index (χ0) is 23.2. The molecule has 0 amide bonds. The normalized spacial score (nSPS) is 10.7. The maximum Gasteiger partial charge on any atom is 0.125 e. The number of aliphatic hydroxyl groups excluding tert-OH is 1. The molecule has 34 heavy (non-hydrogen) atoms. The number of hydrogen-bond donors (Lipinski definition) is 2. The molecule has 0 atom stereocenters. The van der Waals surface area contributed by atoms with E-state index in [4.69, 9.17) is 19.6 Å². The Bertz CT molecular complexity index is 1230. The summed E-state index contributed by atoms with van der Waals surface area (Å²) in [5.41, 5.74) is 5.18. The average molecular weight is 485 g/mol. The Morgan fingerprint density at radius 1 is 1.06 bits per heavy atom. The van der Waals surface area contributed by atoms with Gasteiger partial charge in [0.2, 0.25) is 0 Å². The molecule has 0 saturated carbocycles. The van der Waals surface area contributed by atoms with Crippen LogP contribution in [-0.4, -0.2) is 65.3 Å². The zero-order valence-electron chi connectivity index (χ0n) is 19.4. The molecular formula is C24H29ClN6O3. The molecule has 180 valence electrons. The Hall–Kier alpha value is -3.40. The summed E-state index contributed by atoms with van der Waals surface area (Å²) < 4.78 is 12.9. The number of nitrogens with zero attached hydrogens (tertiary/aromatic N) is 5. The lowest BCUT2D eigenvalue weighted by molar-refractivity contribution is 0.201. The van der Waals surface area contributed by atoms with Crippen LogP contribution in [0.5, 0.6) is 11.5 Å². The summed E-state index contributed by atoms with van der Waals surface area (Å²) in [7, 11) is 5.42. The molecule has 0 bridgehead atoms. The molecule has 0 aliphatic carbocycles. The number of benzene rings is 2. The number of hydrogen-bond acceptors (Lipinski definition) is 8. The van der Waals surface area contributed by atoms with Crippen molar-refractivity contribution in [1.82, 2.24) is 25.1 Å². The number of nitrogens with one attached hydrogen (secondary N) is 1. The number of aromatic nitrogens is 4. The fourth-order valence-corrected chi connectivity index (χ4v) is 3.57. The number of anilines is 2. The number of aryl methyl sites for hydroxylation is 1. The van der Waals surface area contributed by atoms with Gasteiger partial charge >= 0.3 is 0 Å². The predicted molar refractivity (Wildman–Crippen MR) is 135 cm³/mol. The number of ether oxygens (including phenoxy) is 2. The lowest BCUT2D eigenvalue weighted by Gasteiger charge is -2.26. The third-order valence-electron chi connectivity index (χ3n) is 5.20. The van der Waals surface area contributed by atoms with Crippen LogP contribution in [-0.2, 0) is 7.05 Å². The predicted octanol–water partition coefficient (Wildman–Crippen LogP) is 3.19. The number of halogens is 1. The van der Waals surface area contributed by atoms with Gasteiger partial charge in [0.05, 0.1) is 42.8 Å². The summed E-state index contributed by atoms with van der Waals surface area (Å²) in [4.78, 5) is 11.6. The van der Waals surface area contributed by atoms with Crippen molar-refractivity contribution in [2.45, 2.75) is 0 Å². The van der Waals surface area contributed by atoms with E-state index in [1.807, 2.05) is 50.6 Å². The highest BCUT2D eigenvalue weighted by molar-refractivity contribution is 5.85. The van der Waals surface area contributed by atoms with Crippen LogP contribution in [0.25, 0.3) is 22.3 Å². The highest BCUT2D eigenvalue weighted by Crippen LogP contribution is 2.34. The fourth-order valence-electron chi connectivity index (χ4n) is 3.57. The highest BCUT2D eigenvalue weighted by atomic mass is 35.5. The molecule has 2 heterocycles. The quantitative estimate of drug-likeness (QED) is 0.354. The fraction of sp³-hybridized carbons (Fsp3) is 0.292. The van der Waals surface area contributed by atoms with Crippen molar-refractivity contribution in [2.75, 3.05) is 45.4 Å². The van der Waals surface area contributed by atoms with Crippen LogP contribution in [0.4, 0.5) is 11.4 Å². The third kappa shape index (κ3) is 5.74. The molecule has 4 rings (SSSR count). The third-order valence-corrected chi connectivity index (χ3v) is 5.20. The van der Waals surface area contributed by atoms with Gasteiger partial charge in [-0.25, -0.2) is 4.98 Å². The Kier molecular flexibility index (Phi) is 8.64. The average Bonchev–Trinajstić information content (AvgIpc) is 3.28. The second kappa shape index (κ2) is 11.6. The van der Waals surface area contributed by atoms with Crippen molar-refractivity contribution < 1.29 is 14.6 Å². The molecule has 2 aromatic carbocycles. The van der Waals surface area contributed by atoms with Crippen molar-refractivity contribution in [1.29, 1.82) is 0 Å². The van der Waals surface area contributed by atoms with E-state index in [1.54, 1.807) is 30.3 Å². The SMILES string of the molecule is CNCCN(c1cc(OC)cc(OCCO)c1)c1ccc2ncc(-c3cnn(C)c3)nc2c1.Cl. The van der Waals surface area contributed by atoms with E-state index in [0.29, 0.717) is 18.0 Å². The minimum absolute atomic E-state index is 0. The molecule has 0 saturated heterocycles. The van der Waals surface area contributed by atoms with Crippen molar-refractivity contribution >= 4 is 34.8 Å². The van der Waals surface area contributed by atoms with Crippen LogP contribution < -0.4 is 19.7 Å². The van der Waals surface area contributed by atoms with Gasteiger partial charge in [-0.05, 0) is 25.2 Å². The standard InChI is InChI=1S/C24H28N6O3.ClH/c1-25-6-7-30(19-10-20(32-3)13-21(11-19)33-9-8-31)18-4-5-22-23(12-18)28-24(15-26-22)17-14-27-29(2)16-17;/h4-5,10-16,25,31H,6-9H2,1-3H3;1H. The molecule has 10 heteroatoms. The molecule has 2 aromatic heterocycles. The van der Waals surface area contributed by atoms with Crippen molar-refractivity contribution in [2.24, 2.45) is 7.05 Å². The largest absolute Gasteiger partial charge is 0.497 e. The molecule has 0 radical (unpaired) electrons. The number of rotatable bonds is 10. The van der Waals surface area contributed by atoms with E-state index in [0.717, 1.165) is 40.2 Å². The number of aliphatic hydroxyl groups is 1. The summed E-state index contributed by atoms with van der Waals surface area (Å²) in [6, 6.07) is 11.7. The first-order valence-corrected chi connectivity index (χ1v) is 10.7. The first-order valence-electron chi connectivity index (χ1n) is 10.7. The number of likely N-dealkylation sites (N-methyl/N-ethyl adjacent to an activating group) is 1. The molecule has 0 aliphatic heterocycles. The molecule has 0 unspecified atom stereocenters. The summed E-state index contributed by atoms with van der Waals surface area (Å²) in [5, 5.41) is 16.6. The minimum atomic E-state index is -0.0569. The molecule has 2 N–H and O–H groups in total. The summed E-state index contributed by atoms with van der Waals surface area (Å²) in [6.07, 6.45) is 5.47. The van der Waals surface area contributed by atoms with Crippen LogP contribution in [0, 0.1) is 0 Å². The van der Waals surface area contributed by atoms with Gasteiger partial charge in [-0.3, -0.25) is 9.67 Å². The topological polar surface area (TPSA) is 97.6 Å². The van der Waals surface area contributed by atoms with Crippen molar-refractivity contribution in [3.8, 4) is 22.8 Å². The lowest BCUT2D eigenvalue weighted by atomic mass is 10.2.